The monoisotopic (exact) mass is 130 g/mol. The van der Waals surface area contributed by atoms with E-state index >= 15 is 0 Å². The molecule has 0 radical (unpaired) electrons. The smallest absolute Gasteiger partial charge is 0.231 e. The van der Waals surface area contributed by atoms with Gasteiger partial charge in [-0.2, -0.15) is 0 Å². The molecule has 1 fully saturated rings. The molecule has 4 heteroatoms. The van der Waals surface area contributed by atoms with Crippen LogP contribution in [0.15, 0.2) is 0 Å². The molecule has 1 amide bonds. The Morgan fingerprint density at radius 2 is 2.44 bits per heavy atom. The second-order valence-corrected chi connectivity index (χ2v) is 2.11. The second kappa shape index (κ2) is 2.33. The summed E-state index contributed by atoms with van der Waals surface area (Å²) >= 11 is 0. The van der Waals surface area contributed by atoms with E-state index in [1.54, 1.807) is 0 Å². The lowest BCUT2D eigenvalue weighted by Gasteiger charge is -1.92. The molecule has 1 aliphatic rings. The van der Waals surface area contributed by atoms with Crippen LogP contribution in [0, 0.1) is 0 Å². The Morgan fingerprint density at radius 3 is 2.78 bits per heavy atom. The van der Waals surface area contributed by atoms with E-state index < -0.39 is 0 Å². The topological polar surface area (TPSA) is 67.7 Å². The zero-order chi connectivity index (χ0) is 6.85. The summed E-state index contributed by atoms with van der Waals surface area (Å²) in [5.74, 6) is -0.349. The van der Waals surface area contributed by atoms with Gasteiger partial charge in [0.15, 0.2) is 0 Å². The van der Waals surface area contributed by atoms with E-state index in [0.29, 0.717) is 0 Å². The Labute approximate surface area is 53.4 Å². The highest BCUT2D eigenvalue weighted by Crippen LogP contribution is 2.16. The van der Waals surface area contributed by atoms with Crippen LogP contribution in [-0.2, 0) is 9.53 Å². The van der Waals surface area contributed by atoms with Gasteiger partial charge >= 0.3 is 0 Å². The van der Waals surface area contributed by atoms with E-state index in [-0.39, 0.29) is 24.8 Å². The van der Waals surface area contributed by atoms with E-state index in [1.165, 1.54) is 0 Å². The number of nitrogens with one attached hydrogen (secondary N) is 1. The minimum atomic E-state index is -0.349. The SMILES string of the molecule is CC1OC1NCC(N)=O. The highest BCUT2D eigenvalue weighted by atomic mass is 16.6. The first kappa shape index (κ1) is 6.51. The lowest BCUT2D eigenvalue weighted by Crippen LogP contribution is -2.31. The fourth-order valence-corrected chi connectivity index (χ4v) is 0.601. The molecule has 0 aromatic carbocycles. The van der Waals surface area contributed by atoms with Crippen LogP contribution in [0.5, 0.6) is 0 Å². The summed E-state index contributed by atoms with van der Waals surface area (Å²) in [5, 5.41) is 2.81. The van der Waals surface area contributed by atoms with Crippen molar-refractivity contribution in [1.29, 1.82) is 0 Å². The Morgan fingerprint density at radius 1 is 1.89 bits per heavy atom. The second-order valence-electron chi connectivity index (χ2n) is 2.11. The van der Waals surface area contributed by atoms with Crippen LogP contribution in [0.1, 0.15) is 6.92 Å². The molecule has 2 atom stereocenters. The van der Waals surface area contributed by atoms with E-state index in [0.717, 1.165) is 0 Å². The van der Waals surface area contributed by atoms with Gasteiger partial charge in [-0.1, -0.05) is 0 Å². The number of primary amides is 1. The Balaban J connectivity index is 2.00. The molecule has 1 rings (SSSR count). The van der Waals surface area contributed by atoms with Crippen molar-refractivity contribution < 1.29 is 9.53 Å². The van der Waals surface area contributed by atoms with Crippen molar-refractivity contribution in [2.45, 2.75) is 19.3 Å². The van der Waals surface area contributed by atoms with Crippen LogP contribution in [0.2, 0.25) is 0 Å². The van der Waals surface area contributed by atoms with Gasteiger partial charge in [0.1, 0.15) is 6.23 Å². The number of rotatable bonds is 3. The number of ether oxygens (including phenoxy) is 1. The maximum Gasteiger partial charge on any atom is 0.231 e. The molecule has 0 saturated carbocycles. The lowest BCUT2D eigenvalue weighted by molar-refractivity contribution is -0.117. The predicted octanol–water partition coefficient (Wildman–Crippen LogP) is -1.19. The minimum Gasteiger partial charge on any atom is -0.369 e. The third kappa shape index (κ3) is 1.99. The molecule has 1 aliphatic heterocycles. The van der Waals surface area contributed by atoms with Gasteiger partial charge in [0.25, 0.3) is 0 Å². The van der Waals surface area contributed by atoms with Crippen LogP contribution in [0.25, 0.3) is 0 Å². The predicted molar refractivity (Wildman–Crippen MR) is 31.5 cm³/mol. The summed E-state index contributed by atoms with van der Waals surface area (Å²) in [6.45, 7) is 2.13. The molecule has 3 N–H and O–H groups in total. The number of hydrogen-bond acceptors (Lipinski definition) is 3. The van der Waals surface area contributed by atoms with Gasteiger partial charge in [-0.05, 0) is 6.92 Å². The first-order valence-electron chi connectivity index (χ1n) is 2.87. The van der Waals surface area contributed by atoms with Crippen LogP contribution in [0.4, 0.5) is 0 Å². The molecule has 1 heterocycles. The number of nitrogens with two attached hydrogens (primary N) is 1. The Kier molecular flexibility index (Phi) is 1.68. The fraction of sp³-hybridized carbons (Fsp3) is 0.800. The standard InChI is InChI=1S/C5H10N2O2/c1-3-5(9-3)7-2-4(6)8/h3,5,7H,2H2,1H3,(H2,6,8). The number of carbonyl (C=O) groups is 1. The lowest BCUT2D eigenvalue weighted by atomic mass is 10.5. The molecule has 52 valence electrons. The highest BCUT2D eigenvalue weighted by Gasteiger charge is 2.33. The van der Waals surface area contributed by atoms with Crippen LogP contribution >= 0.6 is 0 Å². The molecular formula is C5H10N2O2. The Hall–Kier alpha value is -0.610. The minimum absolute atomic E-state index is 0.0532. The van der Waals surface area contributed by atoms with E-state index in [2.05, 4.69) is 5.32 Å². The molecule has 2 unspecified atom stereocenters. The first-order valence-corrected chi connectivity index (χ1v) is 2.87. The molecule has 0 bridgehead atoms. The summed E-state index contributed by atoms with van der Waals surface area (Å²) in [6, 6.07) is 0. The molecule has 0 spiro atoms. The molecule has 0 aromatic heterocycles. The molecular weight excluding hydrogens is 120 g/mol. The van der Waals surface area contributed by atoms with Crippen molar-refractivity contribution in [1.82, 2.24) is 5.32 Å². The van der Waals surface area contributed by atoms with Crippen molar-refractivity contribution in [2.24, 2.45) is 5.73 Å². The molecule has 4 nitrogen and oxygen atoms in total. The summed E-state index contributed by atoms with van der Waals surface area (Å²) in [5.41, 5.74) is 4.86. The summed E-state index contributed by atoms with van der Waals surface area (Å²) in [4.78, 5) is 10.1. The van der Waals surface area contributed by atoms with Gasteiger partial charge in [0.05, 0.1) is 12.6 Å². The third-order valence-corrected chi connectivity index (χ3v) is 1.19. The summed E-state index contributed by atoms with van der Waals surface area (Å²) < 4.78 is 4.95. The highest BCUT2D eigenvalue weighted by molar-refractivity contribution is 5.75. The number of amides is 1. The van der Waals surface area contributed by atoms with E-state index in [9.17, 15) is 4.79 Å². The summed E-state index contributed by atoms with van der Waals surface area (Å²) in [6.07, 6.45) is 0.293. The van der Waals surface area contributed by atoms with Crippen molar-refractivity contribution in [3.63, 3.8) is 0 Å². The zero-order valence-electron chi connectivity index (χ0n) is 5.26. The normalized spacial score (nSPS) is 32.1. The van der Waals surface area contributed by atoms with Crippen molar-refractivity contribution in [2.75, 3.05) is 6.54 Å². The van der Waals surface area contributed by atoms with Crippen LogP contribution in [0.3, 0.4) is 0 Å². The van der Waals surface area contributed by atoms with Gasteiger partial charge in [0, 0.05) is 0 Å². The van der Waals surface area contributed by atoms with Gasteiger partial charge in [-0.25, -0.2) is 0 Å². The van der Waals surface area contributed by atoms with Crippen molar-refractivity contribution >= 4 is 5.91 Å². The molecule has 0 aromatic rings. The van der Waals surface area contributed by atoms with Crippen molar-refractivity contribution in [3.8, 4) is 0 Å². The number of hydrogen-bond donors (Lipinski definition) is 2. The van der Waals surface area contributed by atoms with Crippen LogP contribution < -0.4 is 11.1 Å². The van der Waals surface area contributed by atoms with Crippen molar-refractivity contribution in [3.05, 3.63) is 0 Å². The number of epoxide rings is 1. The Bertz CT molecular complexity index is 126. The molecule has 0 aliphatic carbocycles. The zero-order valence-corrected chi connectivity index (χ0v) is 5.26. The third-order valence-electron chi connectivity index (χ3n) is 1.19. The largest absolute Gasteiger partial charge is 0.369 e. The van der Waals surface area contributed by atoms with E-state index in [1.807, 2.05) is 6.92 Å². The van der Waals surface area contributed by atoms with Gasteiger partial charge in [-0.15, -0.1) is 0 Å². The van der Waals surface area contributed by atoms with Gasteiger partial charge < -0.3 is 10.5 Å². The summed E-state index contributed by atoms with van der Waals surface area (Å²) in [7, 11) is 0. The first-order chi connectivity index (χ1) is 4.20. The maximum atomic E-state index is 10.1. The average molecular weight is 130 g/mol. The average Bonchev–Trinajstić information content (AvgIpc) is 2.42. The maximum absolute atomic E-state index is 10.1. The number of carbonyl (C=O) groups excluding carboxylic acids is 1. The van der Waals surface area contributed by atoms with Gasteiger partial charge in [-0.3, -0.25) is 10.1 Å². The molecule has 1 saturated heterocycles. The molecule has 9 heavy (non-hydrogen) atoms. The van der Waals surface area contributed by atoms with E-state index in [4.69, 9.17) is 10.5 Å². The quantitative estimate of drug-likeness (QED) is 0.472. The fourth-order valence-electron chi connectivity index (χ4n) is 0.601. The van der Waals surface area contributed by atoms with Gasteiger partial charge in [0.2, 0.25) is 5.91 Å². The van der Waals surface area contributed by atoms with Crippen LogP contribution in [-0.4, -0.2) is 24.8 Å².